The number of rotatable bonds is 8. The van der Waals surface area contributed by atoms with E-state index in [4.69, 9.17) is 9.15 Å². The van der Waals surface area contributed by atoms with Gasteiger partial charge in [0.2, 0.25) is 0 Å². The molecule has 2 N–H and O–H groups in total. The van der Waals surface area contributed by atoms with Crippen LogP contribution < -0.4 is 16.2 Å². The number of anilines is 1. The Morgan fingerprint density at radius 3 is 2.29 bits per heavy atom. The molecule has 0 radical (unpaired) electrons. The minimum atomic E-state index is -1.21. The molecule has 0 fully saturated rings. The van der Waals surface area contributed by atoms with E-state index in [9.17, 15) is 19.2 Å². The summed E-state index contributed by atoms with van der Waals surface area (Å²) in [5.74, 6) is -2.27. The summed E-state index contributed by atoms with van der Waals surface area (Å²) < 4.78 is 13.4. The smallest absolute Gasteiger partial charge is 0.329 e. The van der Waals surface area contributed by atoms with Crippen molar-refractivity contribution >= 4 is 23.5 Å². The molecular formula is C24H28N4O6. The number of nitrogens with zero attached hydrogens (tertiary/aromatic N) is 2. The lowest BCUT2D eigenvalue weighted by molar-refractivity contribution is -0.156. The summed E-state index contributed by atoms with van der Waals surface area (Å²) in [5, 5.41) is 5.14. The first-order valence-electron chi connectivity index (χ1n) is 10.8. The Kier molecular flexibility index (Phi) is 7.40. The van der Waals surface area contributed by atoms with Crippen LogP contribution in [0.2, 0.25) is 0 Å². The summed E-state index contributed by atoms with van der Waals surface area (Å²) in [4.78, 5) is 50.7. The third-order valence-corrected chi connectivity index (χ3v) is 5.42. The van der Waals surface area contributed by atoms with Gasteiger partial charge in [-0.05, 0) is 44.0 Å². The van der Waals surface area contributed by atoms with Crippen LogP contribution in [0.15, 0.2) is 57.9 Å². The number of benzene rings is 1. The second-order valence-electron chi connectivity index (χ2n) is 8.18. The maximum atomic E-state index is 13.0. The summed E-state index contributed by atoms with van der Waals surface area (Å²) in [7, 11) is 1.71. The van der Waals surface area contributed by atoms with Crippen LogP contribution in [-0.2, 0) is 21.4 Å². The van der Waals surface area contributed by atoms with E-state index < -0.39 is 35.5 Å². The number of hydrogen-bond donors (Lipinski definition) is 2. The predicted octanol–water partition coefficient (Wildman–Crippen LogP) is 2.40. The van der Waals surface area contributed by atoms with Gasteiger partial charge in [-0.25, -0.2) is 9.48 Å². The molecule has 0 saturated carbocycles. The van der Waals surface area contributed by atoms with Gasteiger partial charge in [0.05, 0.1) is 17.6 Å². The standard InChI is InChI=1S/C24H28N4O6/c1-14(2)19(25-22(30)18-12-9-13-33-18)24(32)34-16(4)21(29)26-20-15(3)27(5)28(23(20)31)17-10-7-6-8-11-17/h6-14,16,19H,1-5H3,(H,25,30)(H,26,29)/t16-,19-/m1/s1. The number of para-hydroxylation sites is 1. The summed E-state index contributed by atoms with van der Waals surface area (Å²) in [6.07, 6.45) is 0.139. The van der Waals surface area contributed by atoms with Crippen molar-refractivity contribution in [2.45, 2.75) is 39.8 Å². The SMILES string of the molecule is Cc1c(NC(=O)[C@@H](C)OC(=O)[C@H](NC(=O)c2ccco2)C(C)C)c(=O)n(-c2ccccc2)n1C. The first kappa shape index (κ1) is 24.6. The first-order valence-corrected chi connectivity index (χ1v) is 10.8. The average Bonchev–Trinajstić information content (AvgIpc) is 3.41. The van der Waals surface area contributed by atoms with E-state index in [0.29, 0.717) is 11.4 Å². The molecule has 0 spiro atoms. The van der Waals surface area contributed by atoms with Crippen LogP contribution in [0.3, 0.4) is 0 Å². The minimum absolute atomic E-state index is 0.0542. The molecule has 0 unspecified atom stereocenters. The summed E-state index contributed by atoms with van der Waals surface area (Å²) >= 11 is 0. The van der Waals surface area contributed by atoms with E-state index in [1.54, 1.807) is 62.8 Å². The van der Waals surface area contributed by atoms with Crippen LogP contribution in [-0.4, -0.2) is 39.3 Å². The normalized spacial score (nSPS) is 12.8. The second kappa shape index (κ2) is 10.2. The van der Waals surface area contributed by atoms with Crippen molar-refractivity contribution in [3.63, 3.8) is 0 Å². The maximum absolute atomic E-state index is 13.0. The summed E-state index contributed by atoms with van der Waals surface area (Å²) in [5.41, 5.74) is 0.853. The van der Waals surface area contributed by atoms with Gasteiger partial charge in [0.1, 0.15) is 11.7 Å². The van der Waals surface area contributed by atoms with Crippen LogP contribution in [0.25, 0.3) is 5.69 Å². The van der Waals surface area contributed by atoms with Gasteiger partial charge in [-0.15, -0.1) is 0 Å². The molecule has 180 valence electrons. The zero-order valence-corrected chi connectivity index (χ0v) is 19.7. The van der Waals surface area contributed by atoms with E-state index >= 15 is 0 Å². The molecule has 0 saturated heterocycles. The van der Waals surface area contributed by atoms with Crippen molar-refractivity contribution in [3.8, 4) is 5.69 Å². The summed E-state index contributed by atoms with van der Waals surface area (Å²) in [6, 6.07) is 11.0. The van der Waals surface area contributed by atoms with E-state index in [-0.39, 0.29) is 17.4 Å². The van der Waals surface area contributed by atoms with Crippen molar-refractivity contribution in [1.29, 1.82) is 0 Å². The Labute approximate surface area is 196 Å². The molecule has 1 aromatic carbocycles. The Balaban J connectivity index is 1.71. The molecule has 2 amide bonds. The van der Waals surface area contributed by atoms with E-state index in [1.165, 1.54) is 23.9 Å². The number of aromatic nitrogens is 2. The third kappa shape index (κ3) is 5.11. The fourth-order valence-corrected chi connectivity index (χ4v) is 3.36. The predicted molar refractivity (Wildman–Crippen MR) is 125 cm³/mol. The van der Waals surface area contributed by atoms with Gasteiger partial charge < -0.3 is 19.8 Å². The molecule has 0 bridgehead atoms. The van der Waals surface area contributed by atoms with Crippen LogP contribution in [0, 0.1) is 12.8 Å². The largest absolute Gasteiger partial charge is 0.459 e. The van der Waals surface area contributed by atoms with Crippen LogP contribution in [0.4, 0.5) is 5.69 Å². The average molecular weight is 469 g/mol. The minimum Gasteiger partial charge on any atom is -0.459 e. The highest BCUT2D eigenvalue weighted by Crippen LogP contribution is 2.15. The molecule has 0 aliphatic heterocycles. The van der Waals surface area contributed by atoms with Crippen molar-refractivity contribution in [2.75, 3.05) is 5.32 Å². The number of nitrogens with one attached hydrogen (secondary N) is 2. The van der Waals surface area contributed by atoms with Gasteiger partial charge in [-0.2, -0.15) is 0 Å². The van der Waals surface area contributed by atoms with Gasteiger partial charge in [-0.1, -0.05) is 32.0 Å². The van der Waals surface area contributed by atoms with Crippen LogP contribution >= 0.6 is 0 Å². The molecule has 34 heavy (non-hydrogen) atoms. The highest BCUT2D eigenvalue weighted by molar-refractivity contribution is 5.97. The van der Waals surface area contributed by atoms with Crippen LogP contribution in [0.5, 0.6) is 0 Å². The maximum Gasteiger partial charge on any atom is 0.329 e. The van der Waals surface area contributed by atoms with Gasteiger partial charge in [0.15, 0.2) is 11.9 Å². The molecule has 2 atom stereocenters. The molecule has 2 aromatic heterocycles. The molecule has 10 heteroatoms. The van der Waals surface area contributed by atoms with Crippen molar-refractivity contribution in [2.24, 2.45) is 13.0 Å². The Bertz CT molecular complexity index is 1220. The lowest BCUT2D eigenvalue weighted by atomic mass is 10.0. The van der Waals surface area contributed by atoms with E-state index in [1.807, 2.05) is 6.07 Å². The van der Waals surface area contributed by atoms with Crippen molar-refractivity contribution in [1.82, 2.24) is 14.7 Å². The number of ether oxygens (including phenoxy) is 1. The fourth-order valence-electron chi connectivity index (χ4n) is 3.36. The lowest BCUT2D eigenvalue weighted by Crippen LogP contribution is -2.47. The second-order valence-corrected chi connectivity index (χ2v) is 8.18. The topological polar surface area (TPSA) is 125 Å². The zero-order chi connectivity index (χ0) is 25.0. The van der Waals surface area contributed by atoms with Crippen LogP contribution in [0.1, 0.15) is 37.0 Å². The number of hydrogen-bond acceptors (Lipinski definition) is 6. The Hall–Kier alpha value is -4.08. The summed E-state index contributed by atoms with van der Waals surface area (Å²) in [6.45, 7) is 6.57. The van der Waals surface area contributed by atoms with E-state index in [0.717, 1.165) is 0 Å². The van der Waals surface area contributed by atoms with Gasteiger partial charge in [0, 0.05) is 7.05 Å². The van der Waals surface area contributed by atoms with E-state index in [2.05, 4.69) is 10.6 Å². The monoisotopic (exact) mass is 468 g/mol. The van der Waals surface area contributed by atoms with Gasteiger partial charge in [0.25, 0.3) is 17.4 Å². The molecule has 2 heterocycles. The molecule has 10 nitrogen and oxygen atoms in total. The highest BCUT2D eigenvalue weighted by Gasteiger charge is 2.30. The molecular weight excluding hydrogens is 440 g/mol. The molecule has 0 aliphatic carbocycles. The third-order valence-electron chi connectivity index (χ3n) is 5.42. The molecule has 0 aliphatic rings. The molecule has 3 aromatic rings. The lowest BCUT2D eigenvalue weighted by Gasteiger charge is -2.22. The number of amides is 2. The van der Waals surface area contributed by atoms with Gasteiger partial charge in [-0.3, -0.25) is 19.1 Å². The number of carbonyl (C=O) groups excluding carboxylic acids is 3. The first-order chi connectivity index (χ1) is 16.1. The Morgan fingerprint density at radius 1 is 1.03 bits per heavy atom. The highest BCUT2D eigenvalue weighted by atomic mass is 16.5. The number of furan rings is 1. The number of esters is 1. The van der Waals surface area contributed by atoms with Gasteiger partial charge >= 0.3 is 5.97 Å². The number of carbonyl (C=O) groups is 3. The fraction of sp³-hybridized carbons (Fsp3) is 0.333. The van der Waals surface area contributed by atoms with Crippen molar-refractivity contribution < 1.29 is 23.5 Å². The Morgan fingerprint density at radius 2 is 1.71 bits per heavy atom. The van der Waals surface area contributed by atoms with Crippen molar-refractivity contribution in [3.05, 3.63) is 70.5 Å². The zero-order valence-electron chi connectivity index (χ0n) is 19.7. The quantitative estimate of drug-likeness (QED) is 0.489. The molecule has 3 rings (SSSR count).